The van der Waals surface area contributed by atoms with Gasteiger partial charge in [0.05, 0.1) is 49.4 Å². The molecule has 3 aliphatic heterocycles. The van der Waals surface area contributed by atoms with Gasteiger partial charge >= 0.3 is 23.9 Å². The maximum Gasteiger partial charge on any atom is 0.309 e. The Morgan fingerprint density at radius 1 is 1.02 bits per heavy atom. The van der Waals surface area contributed by atoms with Gasteiger partial charge in [-0.15, -0.1) is 0 Å². The topological polar surface area (TPSA) is 156 Å². The van der Waals surface area contributed by atoms with Crippen LogP contribution in [0.2, 0.25) is 0 Å². The summed E-state index contributed by atoms with van der Waals surface area (Å²) in [5.74, 6) is -4.40. The molecule has 4 fully saturated rings. The molecule has 2 saturated carbocycles. The predicted octanol–water partition coefficient (Wildman–Crippen LogP) is 2.30. The zero-order valence-corrected chi connectivity index (χ0v) is 25.9. The molecule has 0 amide bonds. The van der Waals surface area contributed by atoms with Crippen molar-refractivity contribution in [3.63, 3.8) is 0 Å². The van der Waals surface area contributed by atoms with Crippen molar-refractivity contribution in [1.82, 2.24) is 0 Å². The molecular weight excluding hydrogens is 564 g/mol. The van der Waals surface area contributed by atoms with Gasteiger partial charge in [0.1, 0.15) is 18.3 Å². The van der Waals surface area contributed by atoms with E-state index in [-0.39, 0.29) is 37.6 Å². The molecule has 1 N–H and O–H groups in total. The Morgan fingerprint density at radius 2 is 1.70 bits per heavy atom. The monoisotopic (exact) mass is 608 g/mol. The third kappa shape index (κ3) is 4.93. The molecule has 0 aromatic carbocycles. The quantitative estimate of drug-likeness (QED) is 0.244. The van der Waals surface area contributed by atoms with Crippen LogP contribution in [0.4, 0.5) is 0 Å². The fourth-order valence-electron chi connectivity index (χ4n) is 8.43. The maximum atomic E-state index is 13.4. The zero-order valence-electron chi connectivity index (χ0n) is 25.9. The molecule has 13 atom stereocenters. The molecule has 43 heavy (non-hydrogen) atoms. The number of methoxy groups -OCH3 is 1. The fourth-order valence-corrected chi connectivity index (χ4v) is 8.43. The van der Waals surface area contributed by atoms with Gasteiger partial charge in [-0.05, 0) is 37.2 Å². The molecule has 0 bridgehead atoms. The van der Waals surface area contributed by atoms with Gasteiger partial charge in [0, 0.05) is 25.2 Å². The first kappa shape index (κ1) is 31.7. The molecular formula is C31H44O12. The Kier molecular flexibility index (Phi) is 8.36. The van der Waals surface area contributed by atoms with E-state index in [1.807, 2.05) is 6.08 Å². The lowest BCUT2D eigenvalue weighted by molar-refractivity contribution is -0.284. The van der Waals surface area contributed by atoms with Crippen LogP contribution in [-0.4, -0.2) is 85.6 Å². The fraction of sp³-hybridized carbons (Fsp3) is 0.806. The number of epoxide rings is 1. The number of hydrogen-bond donors (Lipinski definition) is 1. The summed E-state index contributed by atoms with van der Waals surface area (Å²) in [6.07, 6.45) is 1.05. The zero-order chi connectivity index (χ0) is 31.5. The smallest absolute Gasteiger partial charge is 0.309 e. The molecule has 3 heterocycles. The van der Waals surface area contributed by atoms with Gasteiger partial charge in [0.2, 0.25) is 6.29 Å². The Hall–Kier alpha value is -2.70. The Labute approximate surface area is 251 Å². The van der Waals surface area contributed by atoms with E-state index in [0.29, 0.717) is 12.8 Å². The molecule has 1 spiro atoms. The van der Waals surface area contributed by atoms with Gasteiger partial charge in [-0.25, -0.2) is 0 Å². The highest BCUT2D eigenvalue weighted by Crippen LogP contribution is 2.70. The second-order valence-corrected chi connectivity index (χ2v) is 13.3. The first-order valence-corrected chi connectivity index (χ1v) is 15.1. The number of esters is 4. The van der Waals surface area contributed by atoms with E-state index in [0.717, 1.165) is 0 Å². The number of carbonyl (C=O) groups is 4. The molecule has 5 aliphatic rings. The highest BCUT2D eigenvalue weighted by atomic mass is 16.7. The molecule has 12 nitrogen and oxygen atoms in total. The van der Waals surface area contributed by atoms with Crippen LogP contribution in [0.25, 0.3) is 0 Å². The van der Waals surface area contributed by atoms with E-state index in [9.17, 15) is 24.3 Å². The number of hydrogen-bond acceptors (Lipinski definition) is 12. The molecule has 2 aliphatic carbocycles. The molecule has 2 unspecified atom stereocenters. The van der Waals surface area contributed by atoms with E-state index in [4.69, 9.17) is 33.2 Å². The van der Waals surface area contributed by atoms with Crippen LogP contribution in [0.15, 0.2) is 12.3 Å². The SMILES string of the molecule is COC(=O)C(C)C(C)C(=O)O[C@H]1[C@H](O)C[C@@H]2[C@@](C)([C@@H]3C[C@H]4C=CO[C@H]4O3)[C@H](C)C[C@H](OC(C)=O)[C@@]2(COC(C)=O)[C@@]12CO2. The Bertz CT molecular complexity index is 1160. The van der Waals surface area contributed by atoms with Crippen molar-refractivity contribution in [3.8, 4) is 0 Å². The van der Waals surface area contributed by atoms with Crippen molar-refractivity contribution < 1.29 is 57.4 Å². The number of ether oxygens (including phenoxy) is 7. The lowest BCUT2D eigenvalue weighted by Crippen LogP contribution is -2.74. The van der Waals surface area contributed by atoms with Gasteiger partial charge in [0.15, 0.2) is 6.10 Å². The summed E-state index contributed by atoms with van der Waals surface area (Å²) in [4.78, 5) is 50.4. The molecule has 240 valence electrons. The number of rotatable bonds is 8. The van der Waals surface area contributed by atoms with Crippen LogP contribution in [0, 0.1) is 40.4 Å². The average molecular weight is 609 g/mol. The lowest BCUT2D eigenvalue weighted by Gasteiger charge is -2.65. The summed E-state index contributed by atoms with van der Waals surface area (Å²) >= 11 is 0. The van der Waals surface area contributed by atoms with Crippen molar-refractivity contribution in [2.75, 3.05) is 20.3 Å². The summed E-state index contributed by atoms with van der Waals surface area (Å²) in [6.45, 7) is 9.83. The Morgan fingerprint density at radius 3 is 2.28 bits per heavy atom. The normalized spacial score (nSPS) is 43.9. The first-order chi connectivity index (χ1) is 20.2. The van der Waals surface area contributed by atoms with E-state index in [2.05, 4.69) is 13.8 Å². The van der Waals surface area contributed by atoms with Gasteiger partial charge in [-0.1, -0.05) is 27.7 Å². The summed E-state index contributed by atoms with van der Waals surface area (Å²) in [5.41, 5.74) is -3.13. The number of carbonyl (C=O) groups excluding carboxylic acids is 4. The van der Waals surface area contributed by atoms with Crippen molar-refractivity contribution in [1.29, 1.82) is 0 Å². The molecule has 0 aromatic heterocycles. The van der Waals surface area contributed by atoms with Crippen LogP contribution >= 0.6 is 0 Å². The third-order valence-electron chi connectivity index (χ3n) is 11.2. The van der Waals surface area contributed by atoms with Crippen LogP contribution in [0.1, 0.15) is 60.8 Å². The van der Waals surface area contributed by atoms with E-state index >= 15 is 0 Å². The minimum absolute atomic E-state index is 0.0527. The summed E-state index contributed by atoms with van der Waals surface area (Å²) in [6, 6.07) is 0. The molecule has 2 saturated heterocycles. The summed E-state index contributed by atoms with van der Waals surface area (Å²) < 4.78 is 41.0. The van der Waals surface area contributed by atoms with Gasteiger partial charge in [-0.2, -0.15) is 0 Å². The summed E-state index contributed by atoms with van der Waals surface area (Å²) in [5, 5.41) is 11.7. The number of fused-ring (bicyclic) bond motifs is 3. The van der Waals surface area contributed by atoms with E-state index < -0.39 is 82.7 Å². The Balaban J connectivity index is 1.58. The largest absolute Gasteiger partial charge is 0.472 e. The second-order valence-electron chi connectivity index (χ2n) is 13.3. The molecule has 0 aromatic rings. The molecule has 0 radical (unpaired) electrons. The second kappa shape index (κ2) is 11.3. The van der Waals surface area contributed by atoms with Crippen LogP contribution in [0.5, 0.6) is 0 Å². The third-order valence-corrected chi connectivity index (χ3v) is 11.2. The van der Waals surface area contributed by atoms with E-state index in [1.54, 1.807) is 20.1 Å². The number of aliphatic hydroxyl groups excluding tert-OH is 1. The van der Waals surface area contributed by atoms with Crippen molar-refractivity contribution >= 4 is 23.9 Å². The average Bonchev–Trinajstić information content (AvgIpc) is 3.44. The van der Waals surface area contributed by atoms with Crippen molar-refractivity contribution in [2.24, 2.45) is 40.4 Å². The van der Waals surface area contributed by atoms with Crippen LogP contribution < -0.4 is 0 Å². The van der Waals surface area contributed by atoms with Crippen LogP contribution in [0.3, 0.4) is 0 Å². The summed E-state index contributed by atoms with van der Waals surface area (Å²) in [7, 11) is 1.24. The van der Waals surface area contributed by atoms with Gasteiger partial charge in [0.25, 0.3) is 0 Å². The number of aliphatic hydroxyl groups is 1. The first-order valence-electron chi connectivity index (χ1n) is 15.1. The molecule has 12 heteroatoms. The van der Waals surface area contributed by atoms with Crippen molar-refractivity contribution in [2.45, 2.75) is 97.1 Å². The van der Waals surface area contributed by atoms with Crippen molar-refractivity contribution in [3.05, 3.63) is 12.3 Å². The predicted molar refractivity (Wildman–Crippen MR) is 147 cm³/mol. The van der Waals surface area contributed by atoms with Gasteiger partial charge in [-0.3, -0.25) is 19.2 Å². The van der Waals surface area contributed by atoms with Crippen LogP contribution in [-0.2, 0) is 52.3 Å². The van der Waals surface area contributed by atoms with E-state index in [1.165, 1.54) is 21.0 Å². The highest BCUT2D eigenvalue weighted by molar-refractivity contribution is 5.81. The molecule has 5 rings (SSSR count). The minimum atomic E-state index is -1.33. The highest BCUT2D eigenvalue weighted by Gasteiger charge is 2.81. The lowest BCUT2D eigenvalue weighted by atomic mass is 9.41. The van der Waals surface area contributed by atoms with Gasteiger partial charge < -0.3 is 38.3 Å². The standard InChI is InChI=1S/C31H44O12/c1-15-10-24(41-19(5)33)30(13-39-18(4)32)22(29(15,6)23-11-20-8-9-38-28(20)42-23)12-21(34)25(31(30)14-40-31)43-27(36)17(3)16(2)26(35)37-7/h8-9,15-17,20-25,28,34H,10-14H2,1-7H3/t15-,16?,17?,20-,21-,22-,23+,24+,25+,28+,29+,30+,31-/m1/s1. The maximum absolute atomic E-state index is 13.4. The minimum Gasteiger partial charge on any atom is -0.472 e.